The van der Waals surface area contributed by atoms with Gasteiger partial charge in [-0.15, -0.1) is 0 Å². The van der Waals surface area contributed by atoms with Crippen LogP contribution in [-0.2, 0) is 13.0 Å². The molecule has 4 nitrogen and oxygen atoms in total. The molecule has 2 aromatic rings. The lowest BCUT2D eigenvalue weighted by Crippen LogP contribution is -2.05. The number of methoxy groups -OCH3 is 1. The Bertz CT molecular complexity index is 505. The summed E-state index contributed by atoms with van der Waals surface area (Å²) in [6.45, 7) is 2.95. The molecule has 2 heterocycles. The van der Waals surface area contributed by atoms with E-state index in [1.807, 2.05) is 25.4 Å². The summed E-state index contributed by atoms with van der Waals surface area (Å²) in [7, 11) is 3.62. The van der Waals surface area contributed by atoms with Crippen molar-refractivity contribution in [3.63, 3.8) is 0 Å². The lowest BCUT2D eigenvalue weighted by atomic mass is 10.3. The standard InChI is InChI=1S/C13H19N3O/c1-4-5-13-15-11(9-14-2)12-8-10(17-3)6-7-16(12)13/h6-8,14H,4-5,9H2,1-3H3. The molecule has 4 heteroatoms. The molecule has 0 aliphatic carbocycles. The van der Waals surface area contributed by atoms with Gasteiger partial charge >= 0.3 is 0 Å². The highest BCUT2D eigenvalue weighted by atomic mass is 16.5. The van der Waals surface area contributed by atoms with Crippen molar-refractivity contribution in [2.24, 2.45) is 0 Å². The van der Waals surface area contributed by atoms with E-state index in [9.17, 15) is 0 Å². The molecule has 0 saturated heterocycles. The first-order chi connectivity index (χ1) is 8.30. The Labute approximate surface area is 102 Å². The van der Waals surface area contributed by atoms with Crippen LogP contribution in [0.1, 0.15) is 24.9 Å². The van der Waals surface area contributed by atoms with Crippen LogP contribution < -0.4 is 10.1 Å². The van der Waals surface area contributed by atoms with Gasteiger partial charge < -0.3 is 14.5 Å². The Balaban J connectivity index is 2.54. The van der Waals surface area contributed by atoms with Crippen LogP contribution >= 0.6 is 0 Å². The minimum atomic E-state index is 0.778. The predicted octanol–water partition coefficient (Wildman–Crippen LogP) is 2.01. The van der Waals surface area contributed by atoms with E-state index in [1.165, 1.54) is 0 Å². The second kappa shape index (κ2) is 5.19. The number of ether oxygens (including phenoxy) is 1. The summed E-state index contributed by atoms with van der Waals surface area (Å²) in [5.41, 5.74) is 2.21. The third-order valence-corrected chi connectivity index (χ3v) is 2.82. The predicted molar refractivity (Wildman–Crippen MR) is 68.5 cm³/mol. The van der Waals surface area contributed by atoms with Crippen LogP contribution in [0.4, 0.5) is 0 Å². The Morgan fingerprint density at radius 2 is 2.29 bits per heavy atom. The van der Waals surface area contributed by atoms with Crippen molar-refractivity contribution in [3.8, 4) is 5.75 Å². The molecule has 0 spiro atoms. The zero-order valence-electron chi connectivity index (χ0n) is 10.7. The second-order valence-electron chi connectivity index (χ2n) is 4.08. The molecule has 0 amide bonds. The molecular formula is C13H19N3O. The van der Waals surface area contributed by atoms with Gasteiger partial charge in [0.15, 0.2) is 0 Å². The minimum absolute atomic E-state index is 0.778. The van der Waals surface area contributed by atoms with Crippen molar-refractivity contribution in [3.05, 3.63) is 29.8 Å². The molecule has 0 radical (unpaired) electrons. The average Bonchev–Trinajstić information content (AvgIpc) is 2.68. The first-order valence-corrected chi connectivity index (χ1v) is 5.98. The van der Waals surface area contributed by atoms with E-state index < -0.39 is 0 Å². The molecule has 17 heavy (non-hydrogen) atoms. The highest BCUT2D eigenvalue weighted by Crippen LogP contribution is 2.20. The van der Waals surface area contributed by atoms with E-state index in [-0.39, 0.29) is 0 Å². The van der Waals surface area contributed by atoms with Gasteiger partial charge in [0.05, 0.1) is 18.3 Å². The summed E-state index contributed by atoms with van der Waals surface area (Å²) in [6, 6.07) is 4.01. The number of nitrogens with one attached hydrogen (secondary N) is 1. The first-order valence-electron chi connectivity index (χ1n) is 5.98. The van der Waals surface area contributed by atoms with Gasteiger partial charge in [-0.3, -0.25) is 0 Å². The lowest BCUT2D eigenvalue weighted by molar-refractivity contribution is 0.414. The van der Waals surface area contributed by atoms with Gasteiger partial charge in [0.1, 0.15) is 11.6 Å². The molecule has 0 unspecified atom stereocenters. The van der Waals surface area contributed by atoms with Crippen LogP contribution in [0.5, 0.6) is 5.75 Å². The monoisotopic (exact) mass is 233 g/mol. The number of nitrogens with zero attached hydrogens (tertiary/aromatic N) is 2. The summed E-state index contributed by atoms with van der Waals surface area (Å²) in [5.74, 6) is 1.99. The molecule has 0 bridgehead atoms. The lowest BCUT2D eigenvalue weighted by Gasteiger charge is -2.03. The van der Waals surface area contributed by atoms with Crippen molar-refractivity contribution in [2.45, 2.75) is 26.3 Å². The highest BCUT2D eigenvalue weighted by molar-refractivity contribution is 5.56. The Kier molecular flexibility index (Phi) is 3.64. The SMILES string of the molecule is CCCc1nc(CNC)c2cc(OC)ccn12. The average molecular weight is 233 g/mol. The summed E-state index contributed by atoms with van der Waals surface area (Å²) >= 11 is 0. The quantitative estimate of drug-likeness (QED) is 0.858. The highest BCUT2D eigenvalue weighted by Gasteiger charge is 2.10. The van der Waals surface area contributed by atoms with Crippen molar-refractivity contribution in [1.82, 2.24) is 14.7 Å². The number of aryl methyl sites for hydroxylation is 1. The maximum Gasteiger partial charge on any atom is 0.122 e. The molecule has 1 N–H and O–H groups in total. The summed E-state index contributed by atoms with van der Waals surface area (Å²) in [5, 5.41) is 3.15. The normalized spacial score (nSPS) is 11.0. The van der Waals surface area contributed by atoms with Gasteiger partial charge in [0.25, 0.3) is 0 Å². The van der Waals surface area contributed by atoms with Gasteiger partial charge in [-0.25, -0.2) is 4.98 Å². The van der Waals surface area contributed by atoms with E-state index in [1.54, 1.807) is 7.11 Å². The zero-order valence-corrected chi connectivity index (χ0v) is 10.7. The van der Waals surface area contributed by atoms with E-state index in [0.29, 0.717) is 0 Å². The smallest absolute Gasteiger partial charge is 0.122 e. The number of imidazole rings is 1. The van der Waals surface area contributed by atoms with Crippen molar-refractivity contribution >= 4 is 5.52 Å². The molecule has 0 saturated carbocycles. The first kappa shape index (κ1) is 11.9. The van der Waals surface area contributed by atoms with Crippen LogP contribution in [0, 0.1) is 0 Å². The minimum Gasteiger partial charge on any atom is -0.497 e. The number of pyridine rings is 1. The van der Waals surface area contributed by atoms with Gasteiger partial charge in [-0.1, -0.05) is 6.92 Å². The summed E-state index contributed by atoms with van der Waals surface area (Å²) in [4.78, 5) is 4.69. The molecule has 2 rings (SSSR count). The molecule has 92 valence electrons. The second-order valence-corrected chi connectivity index (χ2v) is 4.08. The topological polar surface area (TPSA) is 38.6 Å². The van der Waals surface area contributed by atoms with Crippen molar-refractivity contribution in [2.75, 3.05) is 14.2 Å². The van der Waals surface area contributed by atoms with Gasteiger partial charge in [-0.05, 0) is 19.5 Å². The summed E-state index contributed by atoms with van der Waals surface area (Å²) in [6.07, 6.45) is 4.13. The van der Waals surface area contributed by atoms with E-state index >= 15 is 0 Å². The number of aromatic nitrogens is 2. The van der Waals surface area contributed by atoms with Crippen LogP contribution in [0.2, 0.25) is 0 Å². The van der Waals surface area contributed by atoms with Gasteiger partial charge in [-0.2, -0.15) is 0 Å². The third-order valence-electron chi connectivity index (χ3n) is 2.82. The van der Waals surface area contributed by atoms with Crippen LogP contribution in [0.3, 0.4) is 0 Å². The number of rotatable bonds is 5. The van der Waals surface area contributed by atoms with E-state index in [0.717, 1.165) is 42.2 Å². The molecule has 0 aliphatic rings. The third kappa shape index (κ3) is 2.26. The fourth-order valence-corrected chi connectivity index (χ4v) is 2.02. The van der Waals surface area contributed by atoms with Gasteiger partial charge in [0, 0.05) is 25.2 Å². The van der Waals surface area contributed by atoms with Crippen LogP contribution in [0.25, 0.3) is 5.52 Å². The number of fused-ring (bicyclic) bond motifs is 1. The van der Waals surface area contributed by atoms with Crippen LogP contribution in [-0.4, -0.2) is 23.5 Å². The number of hydrogen-bond donors (Lipinski definition) is 1. The number of hydrogen-bond acceptors (Lipinski definition) is 3. The van der Waals surface area contributed by atoms with E-state index in [4.69, 9.17) is 4.74 Å². The van der Waals surface area contributed by atoms with E-state index in [2.05, 4.69) is 21.6 Å². The Hall–Kier alpha value is -1.55. The molecule has 0 aliphatic heterocycles. The molecule has 0 aromatic carbocycles. The Morgan fingerprint density at radius 1 is 1.47 bits per heavy atom. The maximum absolute atomic E-state index is 5.26. The Morgan fingerprint density at radius 3 is 2.94 bits per heavy atom. The summed E-state index contributed by atoms with van der Waals surface area (Å²) < 4.78 is 7.41. The molecule has 2 aromatic heterocycles. The van der Waals surface area contributed by atoms with Crippen molar-refractivity contribution in [1.29, 1.82) is 0 Å². The van der Waals surface area contributed by atoms with Crippen molar-refractivity contribution < 1.29 is 4.74 Å². The fourth-order valence-electron chi connectivity index (χ4n) is 2.02. The molecule has 0 atom stereocenters. The maximum atomic E-state index is 5.26. The molecular weight excluding hydrogens is 214 g/mol. The van der Waals surface area contributed by atoms with Crippen LogP contribution in [0.15, 0.2) is 18.3 Å². The fraction of sp³-hybridized carbons (Fsp3) is 0.462. The zero-order chi connectivity index (χ0) is 12.3. The largest absolute Gasteiger partial charge is 0.497 e. The molecule has 0 fully saturated rings. The van der Waals surface area contributed by atoms with Gasteiger partial charge in [0.2, 0.25) is 0 Å².